The second kappa shape index (κ2) is 10.2. The number of hydrogen-bond donors (Lipinski definition) is 0. The summed E-state index contributed by atoms with van der Waals surface area (Å²) in [5, 5.41) is 0. The molecule has 128 valence electrons. The quantitative estimate of drug-likeness (QED) is 0.517. The number of carbonyl (C=O) groups is 1. The summed E-state index contributed by atoms with van der Waals surface area (Å²) in [6, 6.07) is 7.28. The molecular weight excluding hydrogens is 294 g/mol. The summed E-state index contributed by atoms with van der Waals surface area (Å²) < 4.78 is 16.5. The van der Waals surface area contributed by atoms with Gasteiger partial charge in [0, 0.05) is 19.6 Å². The van der Waals surface area contributed by atoms with E-state index in [0.29, 0.717) is 24.5 Å². The number of hydrogen-bond acceptors (Lipinski definition) is 5. The highest BCUT2D eigenvalue weighted by atomic mass is 16.5. The highest BCUT2D eigenvalue weighted by Gasteiger charge is 2.14. The summed E-state index contributed by atoms with van der Waals surface area (Å²) in [7, 11) is 0. The highest BCUT2D eigenvalue weighted by molar-refractivity contribution is 5.92. The van der Waals surface area contributed by atoms with Crippen molar-refractivity contribution in [1.29, 1.82) is 0 Å². The molecule has 1 aliphatic rings. The second-order valence-electron chi connectivity index (χ2n) is 5.64. The van der Waals surface area contributed by atoms with Crippen LogP contribution in [0.15, 0.2) is 24.3 Å². The molecule has 0 amide bonds. The van der Waals surface area contributed by atoms with Gasteiger partial charge in [-0.3, -0.25) is 4.90 Å². The second-order valence-corrected chi connectivity index (χ2v) is 5.64. The number of ether oxygens (including phenoxy) is 3. The number of para-hydroxylation sites is 1. The molecule has 0 unspecified atom stereocenters. The molecule has 1 aromatic rings. The van der Waals surface area contributed by atoms with Crippen molar-refractivity contribution in [2.45, 2.75) is 26.2 Å². The zero-order valence-electron chi connectivity index (χ0n) is 14.0. The first kappa shape index (κ1) is 17.8. The van der Waals surface area contributed by atoms with Crippen molar-refractivity contribution < 1.29 is 19.0 Å². The van der Waals surface area contributed by atoms with Crippen molar-refractivity contribution in [2.24, 2.45) is 0 Å². The topological polar surface area (TPSA) is 48.0 Å². The Bertz CT molecular complexity index is 472. The molecule has 0 radical (unpaired) electrons. The van der Waals surface area contributed by atoms with Crippen molar-refractivity contribution >= 4 is 5.97 Å². The van der Waals surface area contributed by atoms with Crippen LogP contribution in [0.2, 0.25) is 0 Å². The zero-order chi connectivity index (χ0) is 16.3. The Morgan fingerprint density at radius 3 is 2.74 bits per heavy atom. The maximum atomic E-state index is 12.2. The molecule has 1 aliphatic heterocycles. The molecule has 0 aromatic heterocycles. The van der Waals surface area contributed by atoms with Gasteiger partial charge in [-0.25, -0.2) is 4.79 Å². The lowest BCUT2D eigenvalue weighted by atomic mass is 10.2. The van der Waals surface area contributed by atoms with E-state index in [9.17, 15) is 4.79 Å². The molecule has 1 aromatic carbocycles. The van der Waals surface area contributed by atoms with Gasteiger partial charge in [0.25, 0.3) is 0 Å². The minimum absolute atomic E-state index is 0.303. The van der Waals surface area contributed by atoms with Crippen molar-refractivity contribution in [2.75, 3.05) is 46.1 Å². The molecule has 0 atom stereocenters. The van der Waals surface area contributed by atoms with Crippen LogP contribution in [0, 0.1) is 0 Å². The predicted molar refractivity (Wildman–Crippen MR) is 89.0 cm³/mol. The molecular formula is C18H27NO4. The third-order valence-corrected chi connectivity index (χ3v) is 3.86. The summed E-state index contributed by atoms with van der Waals surface area (Å²) in [5.41, 5.74) is 0.506. The van der Waals surface area contributed by atoms with E-state index in [2.05, 4.69) is 11.8 Å². The van der Waals surface area contributed by atoms with Crippen LogP contribution < -0.4 is 4.74 Å². The van der Waals surface area contributed by atoms with Gasteiger partial charge in [0.05, 0.1) is 19.8 Å². The number of unbranched alkanes of at least 4 members (excludes halogenated alkanes) is 2. The molecule has 0 saturated carbocycles. The summed E-state index contributed by atoms with van der Waals surface area (Å²) >= 11 is 0. The summed E-state index contributed by atoms with van der Waals surface area (Å²) in [6.07, 6.45) is 3.09. The van der Waals surface area contributed by atoms with Crippen LogP contribution in [0.5, 0.6) is 5.75 Å². The van der Waals surface area contributed by atoms with E-state index in [1.807, 2.05) is 18.2 Å². The van der Waals surface area contributed by atoms with E-state index in [1.54, 1.807) is 6.07 Å². The average Bonchev–Trinajstić information content (AvgIpc) is 2.60. The third kappa shape index (κ3) is 6.20. The van der Waals surface area contributed by atoms with Crippen LogP contribution in [0.25, 0.3) is 0 Å². The van der Waals surface area contributed by atoms with Gasteiger partial charge in [0.1, 0.15) is 17.9 Å². The molecule has 0 N–H and O–H groups in total. The van der Waals surface area contributed by atoms with Gasteiger partial charge in [-0.2, -0.15) is 0 Å². The molecule has 23 heavy (non-hydrogen) atoms. The van der Waals surface area contributed by atoms with E-state index in [4.69, 9.17) is 14.2 Å². The lowest BCUT2D eigenvalue weighted by Crippen LogP contribution is -2.38. The van der Waals surface area contributed by atoms with Crippen molar-refractivity contribution in [1.82, 2.24) is 4.90 Å². The molecule has 0 spiro atoms. The fourth-order valence-corrected chi connectivity index (χ4v) is 2.47. The standard InChI is InChI=1S/C18H27NO4/c1-2-3-6-12-23-18(20)16-7-4-5-8-17(16)22-15-11-19-9-13-21-14-10-19/h4-5,7-8H,2-3,6,9-15H2,1H3. The number of esters is 1. The molecule has 5 nitrogen and oxygen atoms in total. The van der Waals surface area contributed by atoms with Crippen LogP contribution in [-0.2, 0) is 9.47 Å². The molecule has 5 heteroatoms. The van der Waals surface area contributed by atoms with Crippen LogP contribution in [0.4, 0.5) is 0 Å². The van der Waals surface area contributed by atoms with Crippen LogP contribution in [0.1, 0.15) is 36.5 Å². The van der Waals surface area contributed by atoms with Gasteiger partial charge < -0.3 is 14.2 Å². The Balaban J connectivity index is 1.80. The Labute approximate surface area is 138 Å². The molecule has 2 rings (SSSR count). The van der Waals surface area contributed by atoms with Crippen molar-refractivity contribution in [3.8, 4) is 5.75 Å². The predicted octanol–water partition coefficient (Wildman–Crippen LogP) is 2.74. The van der Waals surface area contributed by atoms with Crippen LogP contribution in [-0.4, -0.2) is 56.9 Å². The van der Waals surface area contributed by atoms with Gasteiger partial charge in [-0.05, 0) is 18.6 Å². The lowest BCUT2D eigenvalue weighted by Gasteiger charge is -2.26. The minimum atomic E-state index is -0.303. The van der Waals surface area contributed by atoms with Gasteiger partial charge in [0.15, 0.2) is 0 Å². The summed E-state index contributed by atoms with van der Waals surface area (Å²) in [6.45, 7) is 7.41. The number of carbonyl (C=O) groups excluding carboxylic acids is 1. The number of benzene rings is 1. The van der Waals surface area contributed by atoms with Gasteiger partial charge in [0.2, 0.25) is 0 Å². The van der Waals surface area contributed by atoms with E-state index in [0.717, 1.165) is 52.1 Å². The zero-order valence-corrected chi connectivity index (χ0v) is 14.0. The fourth-order valence-electron chi connectivity index (χ4n) is 2.47. The van der Waals surface area contributed by atoms with Gasteiger partial charge in [-0.1, -0.05) is 31.9 Å². The maximum Gasteiger partial charge on any atom is 0.341 e. The van der Waals surface area contributed by atoms with Gasteiger partial charge >= 0.3 is 5.97 Å². The number of rotatable bonds is 9. The van der Waals surface area contributed by atoms with E-state index in [1.165, 1.54) is 0 Å². The Morgan fingerprint density at radius 2 is 1.96 bits per heavy atom. The molecule has 0 aliphatic carbocycles. The largest absolute Gasteiger partial charge is 0.491 e. The number of nitrogens with zero attached hydrogens (tertiary/aromatic N) is 1. The van der Waals surface area contributed by atoms with Crippen LogP contribution >= 0.6 is 0 Å². The van der Waals surface area contributed by atoms with E-state index in [-0.39, 0.29) is 5.97 Å². The first-order valence-corrected chi connectivity index (χ1v) is 8.50. The van der Waals surface area contributed by atoms with Gasteiger partial charge in [-0.15, -0.1) is 0 Å². The van der Waals surface area contributed by atoms with Crippen molar-refractivity contribution in [3.05, 3.63) is 29.8 Å². The monoisotopic (exact) mass is 321 g/mol. The van der Waals surface area contributed by atoms with E-state index < -0.39 is 0 Å². The summed E-state index contributed by atoms with van der Waals surface area (Å²) in [4.78, 5) is 14.5. The average molecular weight is 321 g/mol. The normalized spacial score (nSPS) is 15.3. The summed E-state index contributed by atoms with van der Waals surface area (Å²) in [5.74, 6) is 0.296. The number of morpholine rings is 1. The third-order valence-electron chi connectivity index (χ3n) is 3.86. The molecule has 1 fully saturated rings. The Morgan fingerprint density at radius 1 is 1.17 bits per heavy atom. The molecule has 0 bridgehead atoms. The lowest BCUT2D eigenvalue weighted by molar-refractivity contribution is 0.0320. The minimum Gasteiger partial charge on any atom is -0.491 e. The first-order chi connectivity index (χ1) is 11.3. The molecule has 1 heterocycles. The fraction of sp³-hybridized carbons (Fsp3) is 0.611. The SMILES string of the molecule is CCCCCOC(=O)c1ccccc1OCCN1CCOCC1. The molecule has 1 saturated heterocycles. The Kier molecular flexibility index (Phi) is 7.90. The maximum absolute atomic E-state index is 12.2. The highest BCUT2D eigenvalue weighted by Crippen LogP contribution is 2.19. The smallest absolute Gasteiger partial charge is 0.341 e. The van der Waals surface area contributed by atoms with E-state index >= 15 is 0 Å². The first-order valence-electron chi connectivity index (χ1n) is 8.50. The van der Waals surface area contributed by atoms with Crippen LogP contribution in [0.3, 0.4) is 0 Å². The van der Waals surface area contributed by atoms with Crippen molar-refractivity contribution in [3.63, 3.8) is 0 Å². The Hall–Kier alpha value is -1.59.